The van der Waals surface area contributed by atoms with Crippen LogP contribution in [0.5, 0.6) is 11.5 Å². The first-order valence-corrected chi connectivity index (χ1v) is 13.7. The fraction of sp³-hybridized carbons (Fsp3) is 0.147. The number of nitrogens with one attached hydrogen (secondary N) is 1. The number of Topliss-reactive ketones (excluding diaryl/α,β-unsaturated/α-hetero) is 2. The summed E-state index contributed by atoms with van der Waals surface area (Å²) in [6.07, 6.45) is 3.81. The lowest BCUT2D eigenvalue weighted by Crippen LogP contribution is -2.51. The summed E-state index contributed by atoms with van der Waals surface area (Å²) in [7, 11) is 0. The van der Waals surface area contributed by atoms with Gasteiger partial charge in [0, 0.05) is 16.9 Å². The molecule has 1 saturated heterocycles. The molecule has 4 atom stereocenters. The van der Waals surface area contributed by atoms with Crippen molar-refractivity contribution in [1.82, 2.24) is 0 Å². The minimum Gasteiger partial charge on any atom is -0.454 e. The number of benzene rings is 4. The van der Waals surface area contributed by atoms with E-state index >= 15 is 4.39 Å². The zero-order chi connectivity index (χ0) is 28.6. The molecule has 4 aromatic rings. The second kappa shape index (κ2) is 8.88. The lowest BCUT2D eigenvalue weighted by atomic mass is 9.64. The van der Waals surface area contributed by atoms with Gasteiger partial charge in [0.25, 0.3) is 0 Å². The van der Waals surface area contributed by atoms with Crippen LogP contribution in [0.25, 0.3) is 6.08 Å². The van der Waals surface area contributed by atoms with Crippen LogP contribution in [0.1, 0.15) is 31.8 Å². The van der Waals surface area contributed by atoms with Crippen molar-refractivity contribution in [3.63, 3.8) is 0 Å². The number of nitrogens with zero attached hydrogens (tertiary/aromatic N) is 1. The summed E-state index contributed by atoms with van der Waals surface area (Å²) >= 11 is 0. The van der Waals surface area contributed by atoms with E-state index in [0.717, 1.165) is 5.56 Å². The number of para-hydroxylation sites is 2. The summed E-state index contributed by atoms with van der Waals surface area (Å²) in [5, 5.41) is 2.99. The van der Waals surface area contributed by atoms with Crippen molar-refractivity contribution in [2.24, 2.45) is 5.92 Å². The number of carbonyl (C=O) groups is 3. The molecular formula is C34H23FN2O5. The van der Waals surface area contributed by atoms with E-state index in [4.69, 9.17) is 9.47 Å². The normalized spacial score (nSPS) is 24.3. The van der Waals surface area contributed by atoms with Gasteiger partial charge in [-0.3, -0.25) is 14.4 Å². The minimum absolute atomic E-state index is 0.0297. The molecule has 8 rings (SSSR count). The number of ether oxygens (including phenoxy) is 2. The number of ketones is 2. The maximum absolute atomic E-state index is 15.3. The van der Waals surface area contributed by atoms with E-state index in [-0.39, 0.29) is 23.8 Å². The smallest absolute Gasteiger partial charge is 0.238 e. The van der Waals surface area contributed by atoms with E-state index in [9.17, 15) is 14.4 Å². The standard InChI is InChI=1S/C34H23FN2O5/c35-23-10-4-2-8-21(23)32(39)30-29(31(38)20-13-15-26-27(17-20)42-18-41-26)34(22-9-3-5-11-24(22)36-33(34)40)28-16-14-19-7-1-6-12-25(19)37(28)30/h1-17,28-30H,18H2,(H,36,40)/t28-,29+,30+,34-/m1/s1. The Morgan fingerprint density at radius 2 is 1.64 bits per heavy atom. The summed E-state index contributed by atoms with van der Waals surface area (Å²) in [6.45, 7) is 0.0297. The van der Waals surface area contributed by atoms with Crippen molar-refractivity contribution >= 4 is 34.9 Å². The van der Waals surface area contributed by atoms with Crippen LogP contribution in [0.4, 0.5) is 15.8 Å². The van der Waals surface area contributed by atoms with Crippen LogP contribution >= 0.6 is 0 Å². The first kappa shape index (κ1) is 24.5. The molecule has 8 heteroatoms. The number of hydrogen-bond donors (Lipinski definition) is 1. The van der Waals surface area contributed by atoms with Crippen molar-refractivity contribution in [2.45, 2.75) is 17.5 Å². The van der Waals surface area contributed by atoms with Crippen molar-refractivity contribution in [1.29, 1.82) is 0 Å². The van der Waals surface area contributed by atoms with E-state index in [2.05, 4.69) is 5.32 Å². The summed E-state index contributed by atoms with van der Waals surface area (Å²) in [5.41, 5.74) is 1.37. The molecule has 42 heavy (non-hydrogen) atoms. The number of amides is 1. The second-order valence-electron chi connectivity index (χ2n) is 10.8. The maximum Gasteiger partial charge on any atom is 0.238 e. The molecule has 1 spiro atoms. The van der Waals surface area contributed by atoms with E-state index in [0.29, 0.717) is 28.4 Å². The molecule has 4 aliphatic heterocycles. The van der Waals surface area contributed by atoms with Crippen LogP contribution in [0, 0.1) is 11.7 Å². The zero-order valence-corrected chi connectivity index (χ0v) is 22.1. The van der Waals surface area contributed by atoms with E-state index in [1.54, 1.807) is 30.3 Å². The average molecular weight is 559 g/mol. The zero-order valence-electron chi connectivity index (χ0n) is 22.1. The molecule has 4 heterocycles. The van der Waals surface area contributed by atoms with Crippen molar-refractivity contribution < 1.29 is 28.2 Å². The SMILES string of the molecule is O=C(c1ccccc1F)[C@@H]1[C@@H](C(=O)c2ccc3c(c2)OCO3)[C@]2(C(=O)Nc3ccccc32)[C@H]2C=Cc3ccccc3N12. The number of fused-ring (bicyclic) bond motifs is 7. The second-order valence-corrected chi connectivity index (χ2v) is 10.8. The van der Waals surface area contributed by atoms with Gasteiger partial charge in [0.1, 0.15) is 17.3 Å². The topological polar surface area (TPSA) is 84.9 Å². The van der Waals surface area contributed by atoms with Gasteiger partial charge in [-0.1, -0.05) is 60.7 Å². The van der Waals surface area contributed by atoms with Gasteiger partial charge >= 0.3 is 0 Å². The number of rotatable bonds is 4. The van der Waals surface area contributed by atoms with Gasteiger partial charge in [0.05, 0.1) is 17.5 Å². The number of halogens is 1. The highest BCUT2D eigenvalue weighted by Gasteiger charge is 2.70. The van der Waals surface area contributed by atoms with E-state index in [1.807, 2.05) is 59.5 Å². The quantitative estimate of drug-likeness (QED) is 0.337. The minimum atomic E-state index is -1.49. The Morgan fingerprint density at radius 1 is 0.881 bits per heavy atom. The highest BCUT2D eigenvalue weighted by atomic mass is 19.1. The average Bonchev–Trinajstić information content (AvgIpc) is 3.70. The van der Waals surface area contributed by atoms with Crippen LogP contribution in [0.2, 0.25) is 0 Å². The summed E-state index contributed by atoms with van der Waals surface area (Å²) in [5.74, 6) is -2.37. The molecule has 1 amide bonds. The number of anilines is 2. The van der Waals surface area contributed by atoms with Gasteiger partial charge in [0.15, 0.2) is 23.1 Å². The molecule has 4 aliphatic rings. The summed E-state index contributed by atoms with van der Waals surface area (Å²) in [6, 6.07) is 23.5. The van der Waals surface area contributed by atoms with Crippen molar-refractivity contribution in [2.75, 3.05) is 17.0 Å². The van der Waals surface area contributed by atoms with Crippen LogP contribution in [-0.2, 0) is 10.2 Å². The molecule has 4 aromatic carbocycles. The fourth-order valence-corrected chi connectivity index (χ4v) is 7.17. The predicted octanol–water partition coefficient (Wildman–Crippen LogP) is 5.41. The van der Waals surface area contributed by atoms with Crippen molar-refractivity contribution in [3.8, 4) is 11.5 Å². The monoisotopic (exact) mass is 558 g/mol. The number of hydrogen-bond acceptors (Lipinski definition) is 6. The fourth-order valence-electron chi connectivity index (χ4n) is 7.17. The molecule has 7 nitrogen and oxygen atoms in total. The molecule has 0 radical (unpaired) electrons. The lowest BCUT2D eigenvalue weighted by molar-refractivity contribution is -0.121. The molecule has 1 N–H and O–H groups in total. The molecule has 0 aromatic heterocycles. The van der Waals surface area contributed by atoms with Gasteiger partial charge in [-0.15, -0.1) is 0 Å². The van der Waals surface area contributed by atoms with Crippen molar-refractivity contribution in [3.05, 3.63) is 125 Å². The summed E-state index contributed by atoms with van der Waals surface area (Å²) in [4.78, 5) is 45.7. The van der Waals surface area contributed by atoms with Crippen LogP contribution in [0.3, 0.4) is 0 Å². The molecule has 0 bridgehead atoms. The maximum atomic E-state index is 15.3. The van der Waals surface area contributed by atoms with Gasteiger partial charge in [-0.05, 0) is 53.6 Å². The van der Waals surface area contributed by atoms with Gasteiger partial charge in [-0.2, -0.15) is 0 Å². The molecule has 1 fully saturated rings. The largest absolute Gasteiger partial charge is 0.454 e. The Morgan fingerprint density at radius 3 is 2.52 bits per heavy atom. The van der Waals surface area contributed by atoms with Crippen LogP contribution in [-0.4, -0.2) is 36.4 Å². The molecule has 0 aliphatic carbocycles. The molecule has 206 valence electrons. The van der Waals surface area contributed by atoms with Gasteiger partial charge < -0.3 is 19.7 Å². The molecule has 0 saturated carbocycles. The Kier molecular flexibility index (Phi) is 5.19. The Labute approximate surface area is 240 Å². The Hall–Kier alpha value is -5.24. The Bertz CT molecular complexity index is 1870. The third kappa shape index (κ3) is 3.17. The summed E-state index contributed by atoms with van der Waals surface area (Å²) < 4.78 is 26.3. The third-order valence-electron chi connectivity index (χ3n) is 8.89. The van der Waals surface area contributed by atoms with Gasteiger partial charge in [0.2, 0.25) is 12.7 Å². The lowest BCUT2D eigenvalue weighted by Gasteiger charge is -2.37. The Balaban J connectivity index is 1.42. The highest BCUT2D eigenvalue weighted by Crippen LogP contribution is 2.58. The molecular weight excluding hydrogens is 535 g/mol. The molecule has 0 unspecified atom stereocenters. The number of carbonyl (C=O) groups excluding carboxylic acids is 3. The third-order valence-corrected chi connectivity index (χ3v) is 8.89. The van der Waals surface area contributed by atoms with Crippen LogP contribution in [0.15, 0.2) is 97.1 Å². The van der Waals surface area contributed by atoms with Gasteiger partial charge in [-0.25, -0.2) is 4.39 Å². The first-order valence-electron chi connectivity index (χ1n) is 13.7. The predicted molar refractivity (Wildman–Crippen MR) is 153 cm³/mol. The highest BCUT2D eigenvalue weighted by molar-refractivity contribution is 6.18. The van der Waals surface area contributed by atoms with Crippen LogP contribution < -0.4 is 19.7 Å². The first-order chi connectivity index (χ1) is 20.5. The van der Waals surface area contributed by atoms with E-state index in [1.165, 1.54) is 18.2 Å². The van der Waals surface area contributed by atoms with E-state index < -0.39 is 40.8 Å².